The Labute approximate surface area is 122 Å². The van der Waals surface area contributed by atoms with Gasteiger partial charge in [-0.05, 0) is 25.0 Å². The fraction of sp³-hybridized carbons (Fsp3) is 0.562. The third-order valence-corrected chi connectivity index (χ3v) is 2.71. The maximum absolute atomic E-state index is 5.33. The van der Waals surface area contributed by atoms with Crippen LogP contribution in [0, 0.1) is 5.92 Å². The number of rotatable bonds is 7. The van der Waals surface area contributed by atoms with E-state index in [9.17, 15) is 0 Å². The van der Waals surface area contributed by atoms with E-state index in [0.717, 1.165) is 43.3 Å². The molecule has 1 rings (SSSR count). The van der Waals surface area contributed by atoms with E-state index in [1.54, 1.807) is 6.26 Å². The van der Waals surface area contributed by atoms with Crippen molar-refractivity contribution in [2.24, 2.45) is 10.9 Å². The highest BCUT2D eigenvalue weighted by Gasteiger charge is 2.07. The Hall–Kier alpha value is -1.71. The molecule has 0 amide bonds. The third-order valence-electron chi connectivity index (χ3n) is 2.71. The van der Waals surface area contributed by atoms with E-state index in [2.05, 4.69) is 35.6 Å². The second-order valence-corrected chi connectivity index (χ2v) is 5.63. The van der Waals surface area contributed by atoms with E-state index in [0.29, 0.717) is 5.92 Å². The normalized spacial score (nSPS) is 11.8. The highest BCUT2D eigenvalue weighted by Crippen LogP contribution is 2.01. The first-order chi connectivity index (χ1) is 9.49. The SMILES string of the molecule is C=C(C)CN(C)C(=NCC(C)C)NCCc1ccco1. The first kappa shape index (κ1) is 16.3. The van der Waals surface area contributed by atoms with Crippen molar-refractivity contribution < 1.29 is 4.42 Å². The van der Waals surface area contributed by atoms with Crippen molar-refractivity contribution in [3.63, 3.8) is 0 Å². The van der Waals surface area contributed by atoms with Crippen LogP contribution in [0.5, 0.6) is 0 Å². The van der Waals surface area contributed by atoms with Crippen LogP contribution in [0.3, 0.4) is 0 Å². The Morgan fingerprint density at radius 1 is 1.50 bits per heavy atom. The lowest BCUT2D eigenvalue weighted by atomic mass is 10.2. The fourth-order valence-corrected chi connectivity index (χ4v) is 1.81. The molecule has 0 aliphatic heterocycles. The highest BCUT2D eigenvalue weighted by atomic mass is 16.3. The van der Waals surface area contributed by atoms with Crippen LogP contribution in [-0.2, 0) is 6.42 Å². The van der Waals surface area contributed by atoms with Crippen molar-refractivity contribution in [1.82, 2.24) is 10.2 Å². The number of nitrogens with one attached hydrogen (secondary N) is 1. The molecular weight excluding hydrogens is 250 g/mol. The van der Waals surface area contributed by atoms with Gasteiger partial charge in [-0.25, -0.2) is 0 Å². The van der Waals surface area contributed by atoms with E-state index in [1.165, 1.54) is 0 Å². The molecule has 0 atom stereocenters. The summed E-state index contributed by atoms with van der Waals surface area (Å²) < 4.78 is 5.33. The first-order valence-electron chi connectivity index (χ1n) is 7.15. The zero-order valence-electron chi connectivity index (χ0n) is 13.1. The molecule has 0 radical (unpaired) electrons. The number of furan rings is 1. The molecule has 4 nitrogen and oxygen atoms in total. The van der Waals surface area contributed by atoms with Crippen LogP contribution in [0.1, 0.15) is 26.5 Å². The van der Waals surface area contributed by atoms with Crippen LogP contribution in [0.2, 0.25) is 0 Å². The number of hydrogen-bond acceptors (Lipinski definition) is 2. The lowest BCUT2D eigenvalue weighted by molar-refractivity contribution is 0.491. The van der Waals surface area contributed by atoms with Gasteiger partial charge < -0.3 is 14.6 Å². The predicted octanol–water partition coefficient (Wildman–Crippen LogP) is 2.93. The molecule has 20 heavy (non-hydrogen) atoms. The van der Waals surface area contributed by atoms with Gasteiger partial charge in [-0.2, -0.15) is 0 Å². The van der Waals surface area contributed by atoms with E-state index >= 15 is 0 Å². The van der Waals surface area contributed by atoms with Crippen LogP contribution in [0.4, 0.5) is 0 Å². The van der Waals surface area contributed by atoms with Crippen LogP contribution < -0.4 is 5.32 Å². The minimum absolute atomic E-state index is 0.551. The number of aliphatic imine (C=N–C) groups is 1. The summed E-state index contributed by atoms with van der Waals surface area (Å²) >= 11 is 0. The smallest absolute Gasteiger partial charge is 0.193 e. The van der Waals surface area contributed by atoms with Crippen molar-refractivity contribution in [1.29, 1.82) is 0 Å². The number of nitrogens with zero attached hydrogens (tertiary/aromatic N) is 2. The van der Waals surface area contributed by atoms with Gasteiger partial charge >= 0.3 is 0 Å². The van der Waals surface area contributed by atoms with Crippen LogP contribution in [0.15, 0.2) is 40.0 Å². The van der Waals surface area contributed by atoms with Crippen LogP contribution in [0.25, 0.3) is 0 Å². The van der Waals surface area contributed by atoms with Gasteiger partial charge in [0.25, 0.3) is 0 Å². The number of hydrogen-bond donors (Lipinski definition) is 1. The van der Waals surface area contributed by atoms with Gasteiger partial charge in [-0.3, -0.25) is 4.99 Å². The summed E-state index contributed by atoms with van der Waals surface area (Å²) in [6, 6.07) is 3.90. The van der Waals surface area contributed by atoms with Crippen molar-refractivity contribution in [2.45, 2.75) is 27.2 Å². The third kappa shape index (κ3) is 6.45. The summed E-state index contributed by atoms with van der Waals surface area (Å²) in [5, 5.41) is 3.39. The summed E-state index contributed by atoms with van der Waals surface area (Å²) in [5.41, 5.74) is 1.12. The van der Waals surface area contributed by atoms with Gasteiger partial charge in [0.05, 0.1) is 6.26 Å². The standard InChI is InChI=1S/C16H27N3O/c1-13(2)11-18-16(19(5)12-14(3)4)17-9-8-15-7-6-10-20-15/h6-7,10,13H,3,8-9,11-12H2,1-2,4-5H3,(H,17,18). The Morgan fingerprint density at radius 2 is 2.25 bits per heavy atom. The highest BCUT2D eigenvalue weighted by molar-refractivity contribution is 5.80. The summed E-state index contributed by atoms with van der Waals surface area (Å²) in [7, 11) is 2.04. The van der Waals surface area contributed by atoms with Crippen LogP contribution >= 0.6 is 0 Å². The molecule has 0 spiro atoms. The molecule has 0 aliphatic carbocycles. The lowest BCUT2D eigenvalue weighted by Crippen LogP contribution is -2.40. The van der Waals surface area contributed by atoms with Crippen molar-refractivity contribution >= 4 is 5.96 Å². The van der Waals surface area contributed by atoms with E-state index in [1.807, 2.05) is 26.1 Å². The maximum atomic E-state index is 5.33. The molecule has 0 saturated heterocycles. The molecule has 1 aromatic rings. The first-order valence-corrected chi connectivity index (χ1v) is 7.15. The second-order valence-electron chi connectivity index (χ2n) is 5.63. The summed E-state index contributed by atoms with van der Waals surface area (Å²) in [6.07, 6.45) is 2.56. The van der Waals surface area contributed by atoms with E-state index in [-0.39, 0.29) is 0 Å². The van der Waals surface area contributed by atoms with Gasteiger partial charge in [-0.15, -0.1) is 0 Å². The Balaban J connectivity index is 2.52. The van der Waals surface area contributed by atoms with Gasteiger partial charge in [-0.1, -0.05) is 26.0 Å². The molecule has 1 aromatic heterocycles. The maximum Gasteiger partial charge on any atom is 0.193 e. The zero-order chi connectivity index (χ0) is 15.0. The molecule has 112 valence electrons. The van der Waals surface area contributed by atoms with Crippen LogP contribution in [-0.4, -0.2) is 37.5 Å². The molecule has 1 heterocycles. The molecule has 0 aromatic carbocycles. The minimum Gasteiger partial charge on any atom is -0.469 e. The molecule has 0 unspecified atom stereocenters. The minimum atomic E-state index is 0.551. The number of guanidine groups is 1. The lowest BCUT2D eigenvalue weighted by Gasteiger charge is -2.22. The Bertz CT molecular complexity index is 421. The quantitative estimate of drug-likeness (QED) is 0.473. The van der Waals surface area contributed by atoms with Gasteiger partial charge in [0, 0.05) is 33.1 Å². The molecule has 0 bridgehead atoms. The molecule has 0 saturated carbocycles. The van der Waals surface area contributed by atoms with Crippen molar-refractivity contribution in [3.8, 4) is 0 Å². The fourth-order valence-electron chi connectivity index (χ4n) is 1.81. The molecule has 1 N–H and O–H groups in total. The molecule has 0 aliphatic rings. The zero-order valence-corrected chi connectivity index (χ0v) is 13.1. The average molecular weight is 277 g/mol. The molecule has 0 fully saturated rings. The van der Waals surface area contributed by atoms with Crippen molar-refractivity contribution in [2.75, 3.05) is 26.7 Å². The second kappa shape index (κ2) is 8.46. The summed E-state index contributed by atoms with van der Waals surface area (Å²) in [5.74, 6) is 2.46. The van der Waals surface area contributed by atoms with E-state index < -0.39 is 0 Å². The number of likely N-dealkylation sites (N-methyl/N-ethyl adjacent to an activating group) is 1. The topological polar surface area (TPSA) is 40.8 Å². The largest absolute Gasteiger partial charge is 0.469 e. The summed E-state index contributed by atoms with van der Waals surface area (Å²) in [4.78, 5) is 6.76. The van der Waals surface area contributed by atoms with Gasteiger partial charge in [0.1, 0.15) is 5.76 Å². The summed E-state index contributed by atoms with van der Waals surface area (Å²) in [6.45, 7) is 12.8. The van der Waals surface area contributed by atoms with Gasteiger partial charge in [0.15, 0.2) is 5.96 Å². The predicted molar refractivity (Wildman–Crippen MR) is 85.0 cm³/mol. The molecular formula is C16H27N3O. The molecule has 4 heteroatoms. The average Bonchev–Trinajstić information content (AvgIpc) is 2.85. The van der Waals surface area contributed by atoms with Gasteiger partial charge in [0.2, 0.25) is 0 Å². The monoisotopic (exact) mass is 277 g/mol. The Morgan fingerprint density at radius 3 is 2.80 bits per heavy atom. The van der Waals surface area contributed by atoms with E-state index in [4.69, 9.17) is 4.42 Å². The van der Waals surface area contributed by atoms with Crippen molar-refractivity contribution in [3.05, 3.63) is 36.3 Å². The Kier molecular flexibility index (Phi) is 6.91.